The Morgan fingerprint density at radius 2 is 2.26 bits per heavy atom. The standard InChI is InChI=1S/C17H29NO5/c1-3-22-17-13(5-4-9-19)14(12-6-7-12)11-15(23-17)16(20)18-8-10-21-2/h11-14,17,19H,3-10H2,1-2H3,(H,18,20)/t13-,14+,17+/m1/s1. The number of aliphatic hydroxyl groups is 1. The molecule has 1 aliphatic carbocycles. The van der Waals surface area contributed by atoms with Crippen LogP contribution in [-0.2, 0) is 19.0 Å². The summed E-state index contributed by atoms with van der Waals surface area (Å²) in [5.74, 6) is 1.24. The number of hydrogen-bond donors (Lipinski definition) is 2. The molecule has 0 spiro atoms. The largest absolute Gasteiger partial charge is 0.459 e. The monoisotopic (exact) mass is 327 g/mol. The van der Waals surface area contributed by atoms with Gasteiger partial charge in [-0.05, 0) is 50.5 Å². The molecule has 3 atom stereocenters. The number of rotatable bonds is 10. The first-order valence-corrected chi connectivity index (χ1v) is 8.59. The Balaban J connectivity index is 2.08. The zero-order chi connectivity index (χ0) is 16.7. The maximum atomic E-state index is 12.3. The van der Waals surface area contributed by atoms with Crippen LogP contribution in [0.1, 0.15) is 32.6 Å². The van der Waals surface area contributed by atoms with Crippen LogP contribution in [0, 0.1) is 17.8 Å². The smallest absolute Gasteiger partial charge is 0.286 e. The third-order valence-electron chi connectivity index (χ3n) is 4.44. The zero-order valence-electron chi connectivity index (χ0n) is 14.1. The molecule has 1 amide bonds. The van der Waals surface area contributed by atoms with Gasteiger partial charge in [0, 0.05) is 32.8 Å². The Kier molecular flexibility index (Phi) is 7.33. The maximum Gasteiger partial charge on any atom is 0.286 e. The van der Waals surface area contributed by atoms with Crippen molar-refractivity contribution in [3.05, 3.63) is 11.8 Å². The molecule has 2 rings (SSSR count). The van der Waals surface area contributed by atoms with Gasteiger partial charge in [-0.1, -0.05) is 0 Å². The molecule has 2 aliphatic rings. The minimum Gasteiger partial charge on any atom is -0.459 e. The molecule has 0 saturated heterocycles. The van der Waals surface area contributed by atoms with Crippen molar-refractivity contribution in [3.63, 3.8) is 0 Å². The average molecular weight is 327 g/mol. The second-order valence-corrected chi connectivity index (χ2v) is 6.17. The van der Waals surface area contributed by atoms with Crippen LogP contribution in [-0.4, -0.2) is 50.8 Å². The molecule has 0 aromatic rings. The maximum absolute atomic E-state index is 12.3. The van der Waals surface area contributed by atoms with Gasteiger partial charge in [0.25, 0.3) is 5.91 Å². The Morgan fingerprint density at radius 3 is 2.87 bits per heavy atom. The second kappa shape index (κ2) is 9.25. The van der Waals surface area contributed by atoms with E-state index in [1.54, 1.807) is 7.11 Å². The first kappa shape index (κ1) is 18.2. The van der Waals surface area contributed by atoms with Gasteiger partial charge in [-0.2, -0.15) is 0 Å². The molecule has 1 fully saturated rings. The Labute approximate surface area is 138 Å². The molecule has 1 saturated carbocycles. The van der Waals surface area contributed by atoms with Gasteiger partial charge in [0.2, 0.25) is 6.29 Å². The molecule has 0 bridgehead atoms. The third kappa shape index (κ3) is 5.19. The highest BCUT2D eigenvalue weighted by atomic mass is 16.7. The van der Waals surface area contributed by atoms with Crippen molar-refractivity contribution in [3.8, 4) is 0 Å². The van der Waals surface area contributed by atoms with E-state index in [4.69, 9.17) is 19.3 Å². The summed E-state index contributed by atoms with van der Waals surface area (Å²) in [4.78, 5) is 12.3. The van der Waals surface area contributed by atoms with E-state index < -0.39 is 6.29 Å². The highest BCUT2D eigenvalue weighted by Crippen LogP contribution is 2.47. The van der Waals surface area contributed by atoms with E-state index in [1.165, 1.54) is 12.8 Å². The van der Waals surface area contributed by atoms with Gasteiger partial charge in [-0.15, -0.1) is 0 Å². The number of aliphatic hydroxyl groups excluding tert-OH is 1. The van der Waals surface area contributed by atoms with Crippen molar-refractivity contribution in [2.45, 2.75) is 38.9 Å². The lowest BCUT2D eigenvalue weighted by Gasteiger charge is -2.37. The summed E-state index contributed by atoms with van der Waals surface area (Å²) in [5, 5.41) is 11.9. The predicted molar refractivity (Wildman–Crippen MR) is 85.5 cm³/mol. The number of hydrogen-bond acceptors (Lipinski definition) is 5. The van der Waals surface area contributed by atoms with Gasteiger partial charge in [0.15, 0.2) is 5.76 Å². The molecule has 1 aliphatic heterocycles. The highest BCUT2D eigenvalue weighted by molar-refractivity contribution is 5.91. The van der Waals surface area contributed by atoms with Gasteiger partial charge in [-0.25, -0.2) is 0 Å². The predicted octanol–water partition coefficient (Wildman–Crippen LogP) is 1.44. The number of carbonyl (C=O) groups excluding carboxylic acids is 1. The summed E-state index contributed by atoms with van der Waals surface area (Å²) in [6.07, 6.45) is 5.51. The molecular weight excluding hydrogens is 298 g/mol. The Hall–Kier alpha value is -1.11. The van der Waals surface area contributed by atoms with E-state index >= 15 is 0 Å². The van der Waals surface area contributed by atoms with Crippen LogP contribution in [0.4, 0.5) is 0 Å². The third-order valence-corrected chi connectivity index (χ3v) is 4.44. The van der Waals surface area contributed by atoms with Crippen LogP contribution in [0.3, 0.4) is 0 Å². The van der Waals surface area contributed by atoms with Crippen LogP contribution in [0.15, 0.2) is 11.8 Å². The van der Waals surface area contributed by atoms with Crippen molar-refractivity contribution in [2.24, 2.45) is 17.8 Å². The van der Waals surface area contributed by atoms with Crippen molar-refractivity contribution < 1.29 is 24.1 Å². The van der Waals surface area contributed by atoms with Crippen molar-refractivity contribution in [2.75, 3.05) is 33.5 Å². The van der Waals surface area contributed by atoms with Crippen molar-refractivity contribution in [1.82, 2.24) is 5.32 Å². The lowest BCUT2D eigenvalue weighted by atomic mass is 9.82. The Bertz CT molecular complexity index is 408. The second-order valence-electron chi connectivity index (χ2n) is 6.17. The molecule has 132 valence electrons. The summed E-state index contributed by atoms with van der Waals surface area (Å²) in [5.41, 5.74) is 0. The van der Waals surface area contributed by atoms with Gasteiger partial charge in [-0.3, -0.25) is 4.79 Å². The summed E-state index contributed by atoms with van der Waals surface area (Å²) >= 11 is 0. The van der Waals surface area contributed by atoms with E-state index in [0.717, 1.165) is 12.8 Å². The SMILES string of the molecule is CCO[C@H]1OC(C(=O)NCCOC)=C[C@@H](C2CC2)[C@H]1CCCO. The summed E-state index contributed by atoms with van der Waals surface area (Å²) in [6, 6.07) is 0. The van der Waals surface area contributed by atoms with Crippen LogP contribution in [0.5, 0.6) is 0 Å². The van der Waals surface area contributed by atoms with Crippen LogP contribution >= 0.6 is 0 Å². The molecule has 0 radical (unpaired) electrons. The summed E-state index contributed by atoms with van der Waals surface area (Å²) in [6.45, 7) is 3.56. The van der Waals surface area contributed by atoms with Crippen LogP contribution in [0.25, 0.3) is 0 Å². The van der Waals surface area contributed by atoms with Gasteiger partial charge >= 0.3 is 0 Å². The average Bonchev–Trinajstić information content (AvgIpc) is 3.38. The minimum absolute atomic E-state index is 0.167. The fourth-order valence-electron chi connectivity index (χ4n) is 3.16. The number of amides is 1. The number of carbonyl (C=O) groups is 1. The van der Waals surface area contributed by atoms with E-state index in [0.29, 0.717) is 31.4 Å². The summed E-state index contributed by atoms with van der Waals surface area (Å²) in [7, 11) is 1.60. The van der Waals surface area contributed by atoms with E-state index in [1.807, 2.05) is 13.0 Å². The van der Waals surface area contributed by atoms with Crippen molar-refractivity contribution in [1.29, 1.82) is 0 Å². The molecule has 6 nitrogen and oxygen atoms in total. The van der Waals surface area contributed by atoms with Crippen molar-refractivity contribution >= 4 is 5.91 Å². The van der Waals surface area contributed by atoms with Gasteiger partial charge in [0.05, 0.1) is 6.61 Å². The normalized spacial score (nSPS) is 27.3. The van der Waals surface area contributed by atoms with E-state index in [2.05, 4.69) is 5.32 Å². The lowest BCUT2D eigenvalue weighted by Crippen LogP contribution is -2.40. The molecule has 1 heterocycles. The molecule has 2 N–H and O–H groups in total. The topological polar surface area (TPSA) is 77.0 Å². The Morgan fingerprint density at radius 1 is 1.48 bits per heavy atom. The first-order chi connectivity index (χ1) is 11.2. The van der Waals surface area contributed by atoms with Gasteiger partial charge < -0.3 is 24.6 Å². The molecule has 6 heteroatoms. The first-order valence-electron chi connectivity index (χ1n) is 8.59. The van der Waals surface area contributed by atoms with Crippen LogP contribution in [0.2, 0.25) is 0 Å². The quantitative estimate of drug-likeness (QED) is 0.594. The fraction of sp³-hybridized carbons (Fsp3) is 0.824. The van der Waals surface area contributed by atoms with Gasteiger partial charge in [0.1, 0.15) is 0 Å². The zero-order valence-corrected chi connectivity index (χ0v) is 14.1. The van der Waals surface area contributed by atoms with Crippen LogP contribution < -0.4 is 5.32 Å². The number of ether oxygens (including phenoxy) is 3. The fourth-order valence-corrected chi connectivity index (χ4v) is 3.16. The number of methoxy groups -OCH3 is 1. The van der Waals surface area contributed by atoms with E-state index in [9.17, 15) is 4.79 Å². The highest BCUT2D eigenvalue weighted by Gasteiger charge is 2.43. The molecular formula is C17H29NO5. The lowest BCUT2D eigenvalue weighted by molar-refractivity contribution is -0.173. The number of allylic oxidation sites excluding steroid dienone is 1. The molecule has 0 aromatic heterocycles. The van der Waals surface area contributed by atoms with E-state index in [-0.39, 0.29) is 24.3 Å². The molecule has 0 aromatic carbocycles. The number of nitrogens with one attached hydrogen (secondary N) is 1. The molecule has 0 unspecified atom stereocenters. The summed E-state index contributed by atoms with van der Waals surface area (Å²) < 4.78 is 16.5. The minimum atomic E-state index is -0.412. The molecule has 23 heavy (non-hydrogen) atoms.